The van der Waals surface area contributed by atoms with Crippen molar-refractivity contribution in [3.05, 3.63) is 29.6 Å². The fraction of sp³-hybridized carbons (Fsp3) is 0.571. The second-order valence-electron chi connectivity index (χ2n) is 4.29. The maximum atomic E-state index is 13.3. The lowest BCUT2D eigenvalue weighted by Gasteiger charge is -2.26. The molecule has 0 spiro atoms. The molecule has 0 aliphatic carbocycles. The van der Waals surface area contributed by atoms with E-state index in [1.807, 2.05) is 13.1 Å². The Bertz CT molecular complexity index is 333. The van der Waals surface area contributed by atoms with Crippen LogP contribution in [0.1, 0.15) is 32.3 Å². The molecule has 0 fully saturated rings. The van der Waals surface area contributed by atoms with Crippen LogP contribution in [0.4, 0.5) is 10.1 Å². The Morgan fingerprint density at radius 1 is 1.18 bits per heavy atom. The summed E-state index contributed by atoms with van der Waals surface area (Å²) in [6.07, 6.45) is 2.22. The second-order valence-corrected chi connectivity index (χ2v) is 4.29. The molecule has 0 aromatic heterocycles. The molecule has 0 saturated carbocycles. The van der Waals surface area contributed by atoms with Crippen molar-refractivity contribution in [2.24, 2.45) is 0 Å². The third-order valence-electron chi connectivity index (χ3n) is 2.74. The molecule has 0 amide bonds. The van der Waals surface area contributed by atoms with Crippen LogP contribution in [-0.4, -0.2) is 20.1 Å². The van der Waals surface area contributed by atoms with Crippen LogP contribution in [0.2, 0.25) is 0 Å². The number of nitrogens with one attached hydrogen (secondary N) is 1. The first kappa shape index (κ1) is 14.0. The monoisotopic (exact) mass is 238 g/mol. The minimum atomic E-state index is -0.160. The van der Waals surface area contributed by atoms with Gasteiger partial charge < -0.3 is 10.2 Å². The molecule has 0 aliphatic rings. The number of rotatable bonds is 7. The van der Waals surface area contributed by atoms with E-state index in [4.69, 9.17) is 0 Å². The molecule has 1 aromatic rings. The van der Waals surface area contributed by atoms with E-state index in [1.54, 1.807) is 12.1 Å². The fourth-order valence-corrected chi connectivity index (χ4v) is 2.09. The molecule has 0 radical (unpaired) electrons. The normalized spacial score (nSPS) is 10.6. The summed E-state index contributed by atoms with van der Waals surface area (Å²) in [5.41, 5.74) is 2.19. The van der Waals surface area contributed by atoms with Crippen molar-refractivity contribution in [1.29, 1.82) is 0 Å². The van der Waals surface area contributed by atoms with Crippen LogP contribution >= 0.6 is 0 Å². The first-order valence-corrected chi connectivity index (χ1v) is 6.40. The summed E-state index contributed by atoms with van der Waals surface area (Å²) in [5, 5.41) is 3.10. The van der Waals surface area contributed by atoms with Gasteiger partial charge in [-0.25, -0.2) is 4.39 Å². The van der Waals surface area contributed by atoms with Gasteiger partial charge in [-0.3, -0.25) is 0 Å². The van der Waals surface area contributed by atoms with E-state index in [0.29, 0.717) is 6.54 Å². The highest BCUT2D eigenvalue weighted by atomic mass is 19.1. The molecule has 96 valence electrons. The van der Waals surface area contributed by atoms with E-state index in [2.05, 4.69) is 24.1 Å². The molecule has 2 nitrogen and oxygen atoms in total. The number of halogens is 1. The number of hydrogen-bond donors (Lipinski definition) is 1. The largest absolute Gasteiger partial charge is 0.371 e. The predicted molar refractivity (Wildman–Crippen MR) is 72.0 cm³/mol. The summed E-state index contributed by atoms with van der Waals surface area (Å²) in [6.45, 7) is 7.09. The van der Waals surface area contributed by atoms with Crippen molar-refractivity contribution in [2.75, 3.05) is 25.0 Å². The lowest BCUT2D eigenvalue weighted by Crippen LogP contribution is -2.26. The number of nitrogens with zero attached hydrogens (tertiary/aromatic N) is 1. The number of anilines is 1. The van der Waals surface area contributed by atoms with Gasteiger partial charge in [0, 0.05) is 25.3 Å². The molecular formula is C14H23FN2. The van der Waals surface area contributed by atoms with Crippen molar-refractivity contribution in [3.8, 4) is 0 Å². The molecule has 0 atom stereocenters. The van der Waals surface area contributed by atoms with Crippen molar-refractivity contribution in [3.63, 3.8) is 0 Å². The molecule has 0 bridgehead atoms. The molecule has 0 heterocycles. The molecular weight excluding hydrogens is 215 g/mol. The predicted octanol–water partition coefficient (Wildman–Crippen LogP) is 3.17. The number of hydrogen-bond acceptors (Lipinski definition) is 2. The van der Waals surface area contributed by atoms with Gasteiger partial charge >= 0.3 is 0 Å². The fourth-order valence-electron chi connectivity index (χ4n) is 2.09. The third-order valence-corrected chi connectivity index (χ3v) is 2.74. The maximum absolute atomic E-state index is 13.3. The van der Waals surface area contributed by atoms with Crippen LogP contribution in [0, 0.1) is 5.82 Å². The van der Waals surface area contributed by atoms with Crippen LogP contribution in [0.25, 0.3) is 0 Å². The molecule has 0 aliphatic heterocycles. The topological polar surface area (TPSA) is 15.3 Å². The van der Waals surface area contributed by atoms with Gasteiger partial charge in [0.25, 0.3) is 0 Å². The standard InChI is InChI=1S/C14H23FN2/c1-4-8-17(9-5-2)14-7-6-13(15)10-12(14)11-16-3/h6-7,10,16H,4-5,8-9,11H2,1-3H3. The van der Waals surface area contributed by atoms with Crippen LogP contribution in [0.5, 0.6) is 0 Å². The third kappa shape index (κ3) is 4.00. The van der Waals surface area contributed by atoms with Crippen LogP contribution < -0.4 is 10.2 Å². The van der Waals surface area contributed by atoms with E-state index in [-0.39, 0.29) is 5.82 Å². The molecule has 1 aromatic carbocycles. The highest BCUT2D eigenvalue weighted by Crippen LogP contribution is 2.22. The SMILES string of the molecule is CCCN(CCC)c1ccc(F)cc1CNC. The Morgan fingerprint density at radius 3 is 2.35 bits per heavy atom. The molecule has 0 unspecified atom stereocenters. The van der Waals surface area contributed by atoms with E-state index < -0.39 is 0 Å². The summed E-state index contributed by atoms with van der Waals surface area (Å²) in [6, 6.07) is 5.07. The lowest BCUT2D eigenvalue weighted by atomic mass is 10.1. The van der Waals surface area contributed by atoms with E-state index in [9.17, 15) is 4.39 Å². The highest BCUT2D eigenvalue weighted by molar-refractivity contribution is 5.53. The van der Waals surface area contributed by atoms with E-state index >= 15 is 0 Å². The molecule has 0 saturated heterocycles. The zero-order chi connectivity index (χ0) is 12.7. The quantitative estimate of drug-likeness (QED) is 0.785. The van der Waals surface area contributed by atoms with Gasteiger partial charge in [0.05, 0.1) is 0 Å². The van der Waals surface area contributed by atoms with Gasteiger partial charge in [-0.1, -0.05) is 13.8 Å². The minimum absolute atomic E-state index is 0.160. The summed E-state index contributed by atoms with van der Waals surface area (Å²) < 4.78 is 13.3. The smallest absolute Gasteiger partial charge is 0.123 e. The summed E-state index contributed by atoms with van der Waals surface area (Å²) in [4.78, 5) is 2.34. The summed E-state index contributed by atoms with van der Waals surface area (Å²) >= 11 is 0. The number of benzene rings is 1. The first-order chi connectivity index (χ1) is 8.22. The maximum Gasteiger partial charge on any atom is 0.123 e. The highest BCUT2D eigenvalue weighted by Gasteiger charge is 2.10. The molecule has 3 heteroatoms. The molecule has 1 N–H and O–H groups in total. The van der Waals surface area contributed by atoms with Crippen LogP contribution in [-0.2, 0) is 6.54 Å². The Labute approximate surface area is 104 Å². The van der Waals surface area contributed by atoms with Gasteiger partial charge in [0.2, 0.25) is 0 Å². The van der Waals surface area contributed by atoms with E-state index in [0.717, 1.165) is 37.2 Å². The van der Waals surface area contributed by atoms with E-state index in [1.165, 1.54) is 0 Å². The summed E-state index contributed by atoms with van der Waals surface area (Å²) in [5.74, 6) is -0.160. The van der Waals surface area contributed by atoms with Crippen molar-refractivity contribution < 1.29 is 4.39 Å². The Kier molecular flexibility index (Phi) is 5.98. The lowest BCUT2D eigenvalue weighted by molar-refractivity contribution is 0.622. The average Bonchev–Trinajstić information content (AvgIpc) is 2.30. The molecule has 17 heavy (non-hydrogen) atoms. The van der Waals surface area contributed by atoms with Gasteiger partial charge in [0.1, 0.15) is 5.82 Å². The van der Waals surface area contributed by atoms with Crippen molar-refractivity contribution in [2.45, 2.75) is 33.2 Å². The Balaban J connectivity index is 2.98. The molecule has 1 rings (SSSR count). The first-order valence-electron chi connectivity index (χ1n) is 6.40. The second kappa shape index (κ2) is 7.28. The average molecular weight is 238 g/mol. The van der Waals surface area contributed by atoms with Crippen LogP contribution in [0.3, 0.4) is 0 Å². The van der Waals surface area contributed by atoms with Crippen molar-refractivity contribution in [1.82, 2.24) is 5.32 Å². The zero-order valence-electron chi connectivity index (χ0n) is 11.1. The zero-order valence-corrected chi connectivity index (χ0v) is 11.1. The summed E-state index contributed by atoms with van der Waals surface area (Å²) in [7, 11) is 1.89. The van der Waals surface area contributed by atoms with Crippen LogP contribution in [0.15, 0.2) is 18.2 Å². The Hall–Kier alpha value is -1.09. The minimum Gasteiger partial charge on any atom is -0.371 e. The van der Waals surface area contributed by atoms with Gasteiger partial charge in [-0.05, 0) is 43.7 Å². The van der Waals surface area contributed by atoms with Crippen molar-refractivity contribution >= 4 is 5.69 Å². The van der Waals surface area contributed by atoms with Gasteiger partial charge in [-0.2, -0.15) is 0 Å². The van der Waals surface area contributed by atoms with Gasteiger partial charge in [0.15, 0.2) is 0 Å². The Morgan fingerprint density at radius 2 is 1.82 bits per heavy atom. The van der Waals surface area contributed by atoms with Gasteiger partial charge in [-0.15, -0.1) is 0 Å².